The molecule has 0 aromatic carbocycles. The SMILES string of the molecule is CC#CCn1ncc(CNC(C)(C)C)c1C. The molecule has 0 aliphatic rings. The first-order valence-electron chi connectivity index (χ1n) is 5.60. The molecule has 0 bridgehead atoms. The Morgan fingerprint density at radius 1 is 1.44 bits per heavy atom. The Labute approximate surface area is 98.2 Å². The van der Waals surface area contributed by atoms with Gasteiger partial charge < -0.3 is 5.32 Å². The lowest BCUT2D eigenvalue weighted by molar-refractivity contribution is 0.423. The maximum Gasteiger partial charge on any atom is 0.102 e. The van der Waals surface area contributed by atoms with Crippen LogP contribution in [0.5, 0.6) is 0 Å². The normalized spacial score (nSPS) is 11.1. The molecule has 16 heavy (non-hydrogen) atoms. The van der Waals surface area contributed by atoms with Crippen molar-refractivity contribution in [1.82, 2.24) is 15.1 Å². The first-order chi connectivity index (χ1) is 7.44. The average molecular weight is 219 g/mol. The molecule has 1 aromatic heterocycles. The number of rotatable bonds is 3. The molecular weight excluding hydrogens is 198 g/mol. The Morgan fingerprint density at radius 3 is 2.69 bits per heavy atom. The maximum absolute atomic E-state index is 4.33. The molecule has 0 unspecified atom stereocenters. The summed E-state index contributed by atoms with van der Waals surface area (Å²) in [7, 11) is 0. The van der Waals surface area contributed by atoms with Crippen LogP contribution in [-0.2, 0) is 13.1 Å². The lowest BCUT2D eigenvalue weighted by Gasteiger charge is -2.20. The topological polar surface area (TPSA) is 29.9 Å². The summed E-state index contributed by atoms with van der Waals surface area (Å²) in [5.41, 5.74) is 2.57. The van der Waals surface area contributed by atoms with E-state index in [-0.39, 0.29) is 5.54 Å². The van der Waals surface area contributed by atoms with E-state index < -0.39 is 0 Å². The third-order valence-corrected chi connectivity index (χ3v) is 2.42. The molecule has 0 radical (unpaired) electrons. The Morgan fingerprint density at radius 2 is 2.12 bits per heavy atom. The number of nitrogens with zero attached hydrogens (tertiary/aromatic N) is 2. The fourth-order valence-electron chi connectivity index (χ4n) is 1.33. The van der Waals surface area contributed by atoms with Crippen LogP contribution in [0.25, 0.3) is 0 Å². The van der Waals surface area contributed by atoms with Gasteiger partial charge in [-0.2, -0.15) is 5.10 Å². The molecule has 1 rings (SSSR count). The van der Waals surface area contributed by atoms with E-state index >= 15 is 0 Å². The molecule has 1 N–H and O–H groups in total. The molecule has 0 aliphatic carbocycles. The summed E-state index contributed by atoms with van der Waals surface area (Å²) < 4.78 is 1.94. The van der Waals surface area contributed by atoms with Crippen LogP contribution in [0.2, 0.25) is 0 Å². The van der Waals surface area contributed by atoms with Gasteiger partial charge in [0.2, 0.25) is 0 Å². The van der Waals surface area contributed by atoms with E-state index in [2.05, 4.69) is 50.0 Å². The van der Waals surface area contributed by atoms with E-state index in [9.17, 15) is 0 Å². The summed E-state index contributed by atoms with van der Waals surface area (Å²) in [5, 5.41) is 7.79. The summed E-state index contributed by atoms with van der Waals surface area (Å²) in [6.45, 7) is 12.0. The van der Waals surface area contributed by atoms with Crippen molar-refractivity contribution in [3.8, 4) is 11.8 Å². The predicted octanol–water partition coefficient (Wildman–Crippen LogP) is 2.10. The molecule has 1 heterocycles. The molecule has 0 saturated carbocycles. The van der Waals surface area contributed by atoms with Crippen LogP contribution in [-0.4, -0.2) is 15.3 Å². The lowest BCUT2D eigenvalue weighted by atomic mass is 10.1. The van der Waals surface area contributed by atoms with Gasteiger partial charge in [0.05, 0.1) is 6.20 Å². The van der Waals surface area contributed by atoms with E-state index in [0.29, 0.717) is 6.54 Å². The van der Waals surface area contributed by atoms with Gasteiger partial charge in [-0.1, -0.05) is 5.92 Å². The minimum Gasteiger partial charge on any atom is -0.308 e. The van der Waals surface area contributed by atoms with Gasteiger partial charge in [0, 0.05) is 23.3 Å². The van der Waals surface area contributed by atoms with E-state index in [1.165, 1.54) is 11.3 Å². The van der Waals surface area contributed by atoms with Crippen molar-refractivity contribution in [2.45, 2.75) is 53.2 Å². The lowest BCUT2D eigenvalue weighted by Crippen LogP contribution is -2.35. The fourth-order valence-corrected chi connectivity index (χ4v) is 1.33. The van der Waals surface area contributed by atoms with Gasteiger partial charge in [0.1, 0.15) is 6.54 Å². The molecule has 0 saturated heterocycles. The van der Waals surface area contributed by atoms with Gasteiger partial charge >= 0.3 is 0 Å². The van der Waals surface area contributed by atoms with Crippen molar-refractivity contribution < 1.29 is 0 Å². The summed E-state index contributed by atoms with van der Waals surface area (Å²) in [4.78, 5) is 0. The average Bonchev–Trinajstić information content (AvgIpc) is 2.53. The smallest absolute Gasteiger partial charge is 0.102 e. The molecule has 1 aromatic rings. The number of aromatic nitrogens is 2. The highest BCUT2D eigenvalue weighted by atomic mass is 15.3. The maximum atomic E-state index is 4.33. The standard InChI is InChI=1S/C13H21N3/c1-6-7-8-16-11(2)12(10-15-16)9-14-13(3,4)5/h10,14H,8-9H2,1-5H3. The zero-order chi connectivity index (χ0) is 12.2. The zero-order valence-corrected chi connectivity index (χ0v) is 10.9. The monoisotopic (exact) mass is 219 g/mol. The molecule has 0 amide bonds. The van der Waals surface area contributed by atoms with Crippen LogP contribution in [0.3, 0.4) is 0 Å². The molecule has 0 aliphatic heterocycles. The summed E-state index contributed by atoms with van der Waals surface area (Å²) >= 11 is 0. The molecule has 3 nitrogen and oxygen atoms in total. The molecule has 3 heteroatoms. The number of hydrogen-bond acceptors (Lipinski definition) is 2. The fraction of sp³-hybridized carbons (Fsp3) is 0.615. The minimum atomic E-state index is 0.137. The second kappa shape index (κ2) is 5.18. The number of nitrogens with one attached hydrogen (secondary N) is 1. The van der Waals surface area contributed by atoms with E-state index in [0.717, 1.165) is 6.54 Å². The van der Waals surface area contributed by atoms with Gasteiger partial charge in [-0.3, -0.25) is 4.68 Å². The predicted molar refractivity (Wildman–Crippen MR) is 67.0 cm³/mol. The molecule has 0 spiro atoms. The summed E-state index contributed by atoms with van der Waals surface area (Å²) in [6, 6.07) is 0. The molecule has 0 fully saturated rings. The van der Waals surface area contributed by atoms with Gasteiger partial charge in [-0.25, -0.2) is 0 Å². The van der Waals surface area contributed by atoms with Crippen LogP contribution >= 0.6 is 0 Å². The first-order valence-corrected chi connectivity index (χ1v) is 5.60. The van der Waals surface area contributed by atoms with Gasteiger partial charge in [-0.05, 0) is 34.6 Å². The van der Waals surface area contributed by atoms with Crippen LogP contribution < -0.4 is 5.32 Å². The van der Waals surface area contributed by atoms with Crippen molar-refractivity contribution in [3.63, 3.8) is 0 Å². The van der Waals surface area contributed by atoms with Crippen molar-refractivity contribution in [2.24, 2.45) is 0 Å². The molecule has 0 atom stereocenters. The first kappa shape index (κ1) is 12.8. The Kier molecular flexibility index (Phi) is 4.14. The molecule has 88 valence electrons. The second-order valence-electron chi connectivity index (χ2n) is 4.94. The van der Waals surface area contributed by atoms with Crippen molar-refractivity contribution in [2.75, 3.05) is 0 Å². The van der Waals surface area contributed by atoms with E-state index in [1.807, 2.05) is 17.8 Å². The summed E-state index contributed by atoms with van der Waals surface area (Å²) in [6.07, 6.45) is 1.92. The second-order valence-corrected chi connectivity index (χ2v) is 4.94. The van der Waals surface area contributed by atoms with Crippen molar-refractivity contribution >= 4 is 0 Å². The third kappa shape index (κ3) is 3.71. The quantitative estimate of drug-likeness (QED) is 0.789. The number of hydrogen-bond donors (Lipinski definition) is 1. The largest absolute Gasteiger partial charge is 0.308 e. The van der Waals surface area contributed by atoms with Crippen LogP contribution in [0.4, 0.5) is 0 Å². The van der Waals surface area contributed by atoms with E-state index in [1.54, 1.807) is 0 Å². The van der Waals surface area contributed by atoms with Crippen LogP contribution in [0, 0.1) is 18.8 Å². The zero-order valence-electron chi connectivity index (χ0n) is 10.9. The van der Waals surface area contributed by atoms with Crippen LogP contribution in [0.1, 0.15) is 39.0 Å². The van der Waals surface area contributed by atoms with Crippen molar-refractivity contribution in [1.29, 1.82) is 0 Å². The van der Waals surface area contributed by atoms with Gasteiger partial charge in [0.25, 0.3) is 0 Å². The van der Waals surface area contributed by atoms with Crippen molar-refractivity contribution in [3.05, 3.63) is 17.5 Å². The Balaban J connectivity index is 2.67. The third-order valence-electron chi connectivity index (χ3n) is 2.42. The van der Waals surface area contributed by atoms with Gasteiger partial charge in [0.15, 0.2) is 0 Å². The Bertz CT molecular complexity index is 399. The van der Waals surface area contributed by atoms with E-state index in [4.69, 9.17) is 0 Å². The highest BCUT2D eigenvalue weighted by molar-refractivity contribution is 5.17. The summed E-state index contributed by atoms with van der Waals surface area (Å²) in [5.74, 6) is 5.90. The highest BCUT2D eigenvalue weighted by Gasteiger charge is 2.11. The highest BCUT2D eigenvalue weighted by Crippen LogP contribution is 2.09. The molecular formula is C13H21N3. The Hall–Kier alpha value is -1.27. The van der Waals surface area contributed by atoms with Crippen LogP contribution in [0.15, 0.2) is 6.20 Å². The van der Waals surface area contributed by atoms with Gasteiger partial charge in [-0.15, -0.1) is 5.92 Å². The minimum absolute atomic E-state index is 0.137.